The summed E-state index contributed by atoms with van der Waals surface area (Å²) in [5.41, 5.74) is 11.0. The van der Waals surface area contributed by atoms with Crippen LogP contribution >= 0.6 is 12.4 Å². The number of aryl methyl sites for hydroxylation is 1. The first-order valence-corrected chi connectivity index (χ1v) is 9.58. The van der Waals surface area contributed by atoms with Gasteiger partial charge >= 0.3 is 0 Å². The molecule has 2 aromatic carbocycles. The molecule has 0 bridgehead atoms. The van der Waals surface area contributed by atoms with Crippen LogP contribution in [0.2, 0.25) is 0 Å². The first-order chi connectivity index (χ1) is 13.7. The maximum atomic E-state index is 12.9. The molecule has 1 amide bonds. The van der Waals surface area contributed by atoms with Crippen molar-refractivity contribution >= 4 is 24.0 Å². The van der Waals surface area contributed by atoms with E-state index in [0.717, 1.165) is 47.5 Å². The predicted octanol–water partition coefficient (Wildman–Crippen LogP) is 3.68. The lowest BCUT2D eigenvalue weighted by Gasteiger charge is -2.09. The molecule has 0 unspecified atom stereocenters. The van der Waals surface area contributed by atoms with Gasteiger partial charge in [0.25, 0.3) is 5.91 Å². The van der Waals surface area contributed by atoms with Gasteiger partial charge in [-0.2, -0.15) is 5.10 Å². The summed E-state index contributed by atoms with van der Waals surface area (Å²) in [5.74, 6) is 0.550. The number of carbonyl (C=O) groups is 1. The first-order valence-electron chi connectivity index (χ1n) is 9.58. The molecule has 6 nitrogen and oxygen atoms in total. The van der Waals surface area contributed by atoms with Gasteiger partial charge in [-0.3, -0.25) is 4.79 Å². The Hall–Kier alpha value is -2.83. The topological polar surface area (TPSA) is 82.2 Å². The summed E-state index contributed by atoms with van der Waals surface area (Å²) >= 11 is 0. The highest BCUT2D eigenvalue weighted by molar-refractivity contribution is 6.04. The van der Waals surface area contributed by atoms with Crippen LogP contribution in [0.4, 0.5) is 5.69 Å². The van der Waals surface area contributed by atoms with Crippen LogP contribution in [-0.4, -0.2) is 28.8 Å². The van der Waals surface area contributed by atoms with Gasteiger partial charge in [-0.1, -0.05) is 18.2 Å². The number of rotatable bonds is 6. The van der Waals surface area contributed by atoms with Gasteiger partial charge in [0.2, 0.25) is 0 Å². The molecule has 29 heavy (non-hydrogen) atoms. The minimum absolute atomic E-state index is 0. The van der Waals surface area contributed by atoms with E-state index in [4.69, 9.17) is 10.5 Å². The molecule has 152 valence electrons. The number of carbonyl (C=O) groups excluding carboxylic acids is 1. The maximum Gasteiger partial charge on any atom is 0.276 e. The largest absolute Gasteiger partial charge is 0.492 e. The van der Waals surface area contributed by atoms with Crippen LogP contribution < -0.4 is 15.8 Å². The predicted molar refractivity (Wildman–Crippen MR) is 117 cm³/mol. The molecule has 3 N–H and O–H groups in total. The molecule has 4 rings (SSSR count). The number of nitrogens with one attached hydrogen (secondary N) is 1. The lowest BCUT2D eigenvalue weighted by molar-refractivity contribution is 0.102. The van der Waals surface area contributed by atoms with E-state index in [2.05, 4.69) is 23.4 Å². The van der Waals surface area contributed by atoms with Crippen LogP contribution in [0.1, 0.15) is 33.7 Å². The number of benzene rings is 2. The maximum absolute atomic E-state index is 12.9. The number of halogens is 1. The molecule has 0 radical (unpaired) electrons. The van der Waals surface area contributed by atoms with Crippen LogP contribution in [-0.2, 0) is 12.8 Å². The second-order valence-electron chi connectivity index (χ2n) is 6.94. The monoisotopic (exact) mass is 412 g/mol. The van der Waals surface area contributed by atoms with Gasteiger partial charge in [-0.25, -0.2) is 4.68 Å². The van der Waals surface area contributed by atoms with E-state index < -0.39 is 0 Å². The molecule has 0 fully saturated rings. The molecule has 0 atom stereocenters. The summed E-state index contributed by atoms with van der Waals surface area (Å²) in [6.45, 7) is 2.99. The smallest absolute Gasteiger partial charge is 0.276 e. The Labute approximate surface area is 176 Å². The number of anilines is 1. The van der Waals surface area contributed by atoms with Gasteiger partial charge in [0, 0.05) is 23.5 Å². The van der Waals surface area contributed by atoms with E-state index in [1.165, 1.54) is 0 Å². The van der Waals surface area contributed by atoms with E-state index >= 15 is 0 Å². The van der Waals surface area contributed by atoms with E-state index in [9.17, 15) is 4.79 Å². The molecule has 0 aliphatic heterocycles. The molecule has 3 aromatic rings. The number of nitrogens with zero attached hydrogens (tertiary/aromatic N) is 2. The average molecular weight is 413 g/mol. The van der Waals surface area contributed by atoms with E-state index in [-0.39, 0.29) is 18.3 Å². The molecular formula is C22H25ClN4O2. The van der Waals surface area contributed by atoms with Gasteiger partial charge in [-0.15, -0.1) is 12.4 Å². The number of nitrogens with two attached hydrogens (primary N) is 1. The van der Waals surface area contributed by atoms with E-state index in [1.807, 2.05) is 47.1 Å². The summed E-state index contributed by atoms with van der Waals surface area (Å²) in [6.07, 6.45) is 2.87. The molecule has 1 heterocycles. The van der Waals surface area contributed by atoms with Gasteiger partial charge in [0.05, 0.1) is 5.69 Å². The number of hydrogen-bond donors (Lipinski definition) is 2. The van der Waals surface area contributed by atoms with Crippen molar-refractivity contribution in [2.75, 3.05) is 18.5 Å². The summed E-state index contributed by atoms with van der Waals surface area (Å²) in [4.78, 5) is 12.9. The molecule has 1 aliphatic rings. The van der Waals surface area contributed by atoms with Crippen molar-refractivity contribution in [3.63, 3.8) is 0 Å². The third kappa shape index (κ3) is 4.28. The van der Waals surface area contributed by atoms with Crippen molar-refractivity contribution in [1.29, 1.82) is 0 Å². The highest BCUT2D eigenvalue weighted by Gasteiger charge is 2.27. The average Bonchev–Trinajstić information content (AvgIpc) is 3.31. The zero-order valence-corrected chi connectivity index (χ0v) is 17.2. The fraction of sp³-hybridized carbons (Fsp3) is 0.273. The second-order valence-corrected chi connectivity index (χ2v) is 6.94. The van der Waals surface area contributed by atoms with Gasteiger partial charge < -0.3 is 15.8 Å². The summed E-state index contributed by atoms with van der Waals surface area (Å²) in [6, 6.07) is 15.4. The Morgan fingerprint density at radius 2 is 1.93 bits per heavy atom. The molecule has 7 heteroatoms. The van der Waals surface area contributed by atoms with Crippen molar-refractivity contribution in [2.24, 2.45) is 5.73 Å². The molecule has 0 spiro atoms. The molecule has 0 saturated heterocycles. The third-order valence-corrected chi connectivity index (χ3v) is 4.99. The number of amides is 1. The molecular weight excluding hydrogens is 388 g/mol. The van der Waals surface area contributed by atoms with E-state index in [0.29, 0.717) is 24.5 Å². The van der Waals surface area contributed by atoms with Crippen LogP contribution in [0.25, 0.3) is 5.69 Å². The fourth-order valence-electron chi connectivity index (χ4n) is 3.62. The number of aromatic nitrogens is 2. The van der Waals surface area contributed by atoms with Crippen LogP contribution in [0, 0.1) is 6.92 Å². The third-order valence-electron chi connectivity index (χ3n) is 4.99. The Bertz CT molecular complexity index is 999. The second kappa shape index (κ2) is 9.11. The number of ether oxygens (including phenoxy) is 1. The molecule has 1 aliphatic carbocycles. The Balaban J connectivity index is 0.00000240. The standard InChI is InChI=1S/C22H24N4O2.ClH/c1-15-5-2-3-7-19(15)26-20-8-4-6-18(20)21(25-26)22(27)24-16-9-11-17(12-10-16)28-14-13-23;/h2-3,5,7,9-12H,4,6,8,13-14,23H2,1H3,(H,24,27);1H. The molecule has 1 aromatic heterocycles. The quantitative estimate of drug-likeness (QED) is 0.647. The van der Waals surface area contributed by atoms with Crippen molar-refractivity contribution in [3.8, 4) is 11.4 Å². The Morgan fingerprint density at radius 1 is 1.17 bits per heavy atom. The van der Waals surface area contributed by atoms with Crippen LogP contribution in [0.5, 0.6) is 5.75 Å². The number of hydrogen-bond acceptors (Lipinski definition) is 4. The van der Waals surface area contributed by atoms with Gasteiger partial charge in [-0.05, 0) is 62.1 Å². The Kier molecular flexibility index (Phi) is 6.56. The highest BCUT2D eigenvalue weighted by atomic mass is 35.5. The van der Waals surface area contributed by atoms with Crippen LogP contribution in [0.15, 0.2) is 48.5 Å². The molecule has 0 saturated carbocycles. The summed E-state index contributed by atoms with van der Waals surface area (Å²) < 4.78 is 7.41. The zero-order chi connectivity index (χ0) is 19.5. The van der Waals surface area contributed by atoms with Gasteiger partial charge in [0.1, 0.15) is 12.4 Å². The Morgan fingerprint density at radius 3 is 2.66 bits per heavy atom. The lowest BCUT2D eigenvalue weighted by Crippen LogP contribution is -2.15. The van der Waals surface area contributed by atoms with Gasteiger partial charge in [0.15, 0.2) is 5.69 Å². The van der Waals surface area contributed by atoms with Crippen molar-refractivity contribution in [2.45, 2.75) is 26.2 Å². The van der Waals surface area contributed by atoms with Crippen molar-refractivity contribution < 1.29 is 9.53 Å². The minimum Gasteiger partial charge on any atom is -0.492 e. The lowest BCUT2D eigenvalue weighted by atomic mass is 10.1. The first kappa shape index (κ1) is 20.9. The fourth-order valence-corrected chi connectivity index (χ4v) is 3.62. The summed E-state index contributed by atoms with van der Waals surface area (Å²) in [5, 5.41) is 7.64. The SMILES string of the molecule is Cc1ccccc1-n1nc(C(=O)Nc2ccc(OCCN)cc2)c2c1CCC2.Cl. The van der Waals surface area contributed by atoms with Crippen molar-refractivity contribution in [1.82, 2.24) is 9.78 Å². The summed E-state index contributed by atoms with van der Waals surface area (Å²) in [7, 11) is 0. The number of para-hydroxylation sites is 1. The zero-order valence-electron chi connectivity index (χ0n) is 16.4. The van der Waals surface area contributed by atoms with Crippen LogP contribution in [0.3, 0.4) is 0 Å². The number of fused-ring (bicyclic) bond motifs is 1. The van der Waals surface area contributed by atoms with E-state index in [1.54, 1.807) is 0 Å². The normalized spacial score (nSPS) is 12.2. The highest BCUT2D eigenvalue weighted by Crippen LogP contribution is 2.29. The van der Waals surface area contributed by atoms with Crippen molar-refractivity contribution in [3.05, 3.63) is 71.0 Å². The minimum atomic E-state index is -0.180.